The van der Waals surface area contributed by atoms with Crippen LogP contribution in [-0.2, 0) is 0 Å². The van der Waals surface area contributed by atoms with Gasteiger partial charge in [-0.3, -0.25) is 4.79 Å². The van der Waals surface area contributed by atoms with Crippen molar-refractivity contribution in [2.75, 3.05) is 22.6 Å². The number of nitrogens with one attached hydrogen (secondary N) is 1. The lowest BCUT2D eigenvalue weighted by Crippen LogP contribution is -2.19. The van der Waals surface area contributed by atoms with Gasteiger partial charge in [0.2, 0.25) is 5.91 Å². The Bertz CT molecular complexity index is 395. The van der Waals surface area contributed by atoms with E-state index < -0.39 is 5.91 Å². The SMILES string of the molecule is CCSCC(C)Nc1ccc(C(N)=O)cc1N. The number of benzene rings is 1. The number of hydrogen-bond donors (Lipinski definition) is 3. The molecule has 0 spiro atoms. The number of thioether (sulfide) groups is 1. The third kappa shape index (κ3) is 4.19. The minimum Gasteiger partial charge on any atom is -0.397 e. The molecule has 4 nitrogen and oxygen atoms in total. The van der Waals surface area contributed by atoms with E-state index in [1.165, 1.54) is 0 Å². The maximum absolute atomic E-state index is 11.0. The van der Waals surface area contributed by atoms with Gasteiger partial charge in [-0.2, -0.15) is 11.8 Å². The quantitative estimate of drug-likeness (QED) is 0.677. The molecule has 1 amide bonds. The zero-order chi connectivity index (χ0) is 12.8. The van der Waals surface area contributed by atoms with Crippen molar-refractivity contribution in [1.29, 1.82) is 0 Å². The van der Waals surface area contributed by atoms with Crippen LogP contribution in [-0.4, -0.2) is 23.5 Å². The molecule has 0 radical (unpaired) electrons. The van der Waals surface area contributed by atoms with Gasteiger partial charge in [0.15, 0.2) is 0 Å². The van der Waals surface area contributed by atoms with Gasteiger partial charge in [0.25, 0.3) is 0 Å². The molecule has 94 valence electrons. The summed E-state index contributed by atoms with van der Waals surface area (Å²) in [5.74, 6) is 1.66. The van der Waals surface area contributed by atoms with Crippen molar-refractivity contribution < 1.29 is 4.79 Å². The number of primary amides is 1. The van der Waals surface area contributed by atoms with Crippen molar-refractivity contribution in [2.24, 2.45) is 5.73 Å². The Kier molecular flexibility index (Phi) is 5.15. The molecule has 5 heteroatoms. The second kappa shape index (κ2) is 6.39. The molecule has 5 N–H and O–H groups in total. The lowest BCUT2D eigenvalue weighted by molar-refractivity contribution is 0.100. The van der Waals surface area contributed by atoms with Crippen LogP contribution in [0.5, 0.6) is 0 Å². The van der Waals surface area contributed by atoms with E-state index in [0.717, 1.165) is 17.2 Å². The summed E-state index contributed by atoms with van der Waals surface area (Å²) in [6, 6.07) is 5.41. The van der Waals surface area contributed by atoms with E-state index in [-0.39, 0.29) is 0 Å². The van der Waals surface area contributed by atoms with Gasteiger partial charge in [0.1, 0.15) is 0 Å². The normalized spacial score (nSPS) is 12.1. The molecular weight excluding hydrogens is 234 g/mol. The van der Waals surface area contributed by atoms with Crippen LogP contribution >= 0.6 is 11.8 Å². The van der Waals surface area contributed by atoms with Crippen LogP contribution in [0.1, 0.15) is 24.2 Å². The number of anilines is 2. The van der Waals surface area contributed by atoms with Gasteiger partial charge < -0.3 is 16.8 Å². The molecular formula is C12H19N3OS. The molecule has 1 aromatic carbocycles. The van der Waals surface area contributed by atoms with Gasteiger partial charge in [-0.15, -0.1) is 0 Å². The van der Waals surface area contributed by atoms with Gasteiger partial charge >= 0.3 is 0 Å². The summed E-state index contributed by atoms with van der Waals surface area (Å²) in [6.45, 7) is 4.23. The molecule has 17 heavy (non-hydrogen) atoms. The van der Waals surface area contributed by atoms with Crippen LogP contribution in [0.15, 0.2) is 18.2 Å². The average Bonchev–Trinajstić information content (AvgIpc) is 2.28. The summed E-state index contributed by atoms with van der Waals surface area (Å²) in [5.41, 5.74) is 12.9. The Morgan fingerprint density at radius 3 is 2.76 bits per heavy atom. The number of carbonyl (C=O) groups excluding carboxylic acids is 1. The van der Waals surface area contributed by atoms with E-state index in [0.29, 0.717) is 17.3 Å². The van der Waals surface area contributed by atoms with Crippen molar-refractivity contribution in [3.63, 3.8) is 0 Å². The van der Waals surface area contributed by atoms with Crippen molar-refractivity contribution in [2.45, 2.75) is 19.9 Å². The number of hydrogen-bond acceptors (Lipinski definition) is 4. The van der Waals surface area contributed by atoms with Gasteiger partial charge in [-0.25, -0.2) is 0 Å². The summed E-state index contributed by atoms with van der Waals surface area (Å²) in [5, 5.41) is 3.31. The monoisotopic (exact) mass is 253 g/mol. The molecule has 0 bridgehead atoms. The van der Waals surface area contributed by atoms with Crippen LogP contribution in [0, 0.1) is 0 Å². The molecule has 0 fully saturated rings. The summed E-state index contributed by atoms with van der Waals surface area (Å²) < 4.78 is 0. The maximum Gasteiger partial charge on any atom is 0.248 e. The second-order valence-electron chi connectivity index (χ2n) is 3.87. The molecule has 0 saturated heterocycles. The van der Waals surface area contributed by atoms with Gasteiger partial charge in [0.05, 0.1) is 11.4 Å². The molecule has 0 aliphatic carbocycles. The maximum atomic E-state index is 11.0. The van der Waals surface area contributed by atoms with E-state index in [9.17, 15) is 4.79 Å². The third-order valence-corrected chi connectivity index (χ3v) is 3.45. The predicted octanol–water partition coefficient (Wildman–Crippen LogP) is 1.92. The van der Waals surface area contributed by atoms with E-state index in [2.05, 4.69) is 19.2 Å². The molecule has 1 atom stereocenters. The van der Waals surface area contributed by atoms with Crippen LogP contribution in [0.3, 0.4) is 0 Å². The van der Waals surface area contributed by atoms with Crippen LogP contribution < -0.4 is 16.8 Å². The smallest absolute Gasteiger partial charge is 0.248 e. The number of rotatable bonds is 6. The first-order chi connectivity index (χ1) is 8.04. The zero-order valence-electron chi connectivity index (χ0n) is 10.2. The fraction of sp³-hybridized carbons (Fsp3) is 0.417. The van der Waals surface area contributed by atoms with Crippen molar-refractivity contribution in [3.05, 3.63) is 23.8 Å². The Balaban J connectivity index is 2.69. The first-order valence-electron chi connectivity index (χ1n) is 5.58. The second-order valence-corrected chi connectivity index (χ2v) is 5.19. The highest BCUT2D eigenvalue weighted by Gasteiger charge is 2.07. The number of nitrogen functional groups attached to an aromatic ring is 1. The Morgan fingerprint density at radius 2 is 2.24 bits per heavy atom. The molecule has 0 saturated carbocycles. The van der Waals surface area contributed by atoms with Gasteiger partial charge in [-0.1, -0.05) is 6.92 Å². The third-order valence-electron chi connectivity index (χ3n) is 2.31. The standard InChI is InChI=1S/C12H19N3OS/c1-3-17-7-8(2)15-11-5-4-9(12(14)16)6-10(11)13/h4-6,8,15H,3,7,13H2,1-2H3,(H2,14,16). The first kappa shape index (κ1) is 13.7. The van der Waals surface area contributed by atoms with Crippen LogP contribution in [0.25, 0.3) is 0 Å². The molecule has 0 aliphatic heterocycles. The highest BCUT2D eigenvalue weighted by atomic mass is 32.2. The summed E-state index contributed by atoms with van der Waals surface area (Å²) >= 11 is 1.87. The fourth-order valence-electron chi connectivity index (χ4n) is 1.45. The van der Waals surface area contributed by atoms with Crippen LogP contribution in [0.2, 0.25) is 0 Å². The summed E-state index contributed by atoms with van der Waals surface area (Å²) in [4.78, 5) is 11.0. The van der Waals surface area contributed by atoms with E-state index in [1.54, 1.807) is 18.2 Å². The molecule has 1 rings (SSSR count). The number of amides is 1. The highest BCUT2D eigenvalue weighted by Crippen LogP contribution is 2.21. The zero-order valence-corrected chi connectivity index (χ0v) is 11.0. The number of carbonyl (C=O) groups is 1. The molecule has 0 aromatic heterocycles. The van der Waals surface area contributed by atoms with Crippen molar-refractivity contribution in [3.8, 4) is 0 Å². The van der Waals surface area contributed by atoms with Crippen molar-refractivity contribution in [1.82, 2.24) is 0 Å². The first-order valence-corrected chi connectivity index (χ1v) is 6.73. The Morgan fingerprint density at radius 1 is 1.53 bits per heavy atom. The molecule has 0 aliphatic rings. The van der Waals surface area contributed by atoms with E-state index in [4.69, 9.17) is 11.5 Å². The molecule has 1 aromatic rings. The summed E-state index contributed by atoms with van der Waals surface area (Å²) in [6.07, 6.45) is 0. The van der Waals surface area contributed by atoms with Gasteiger partial charge in [-0.05, 0) is 30.9 Å². The molecule has 1 unspecified atom stereocenters. The van der Waals surface area contributed by atoms with Crippen molar-refractivity contribution >= 4 is 29.0 Å². The van der Waals surface area contributed by atoms with E-state index in [1.807, 2.05) is 11.8 Å². The average molecular weight is 253 g/mol. The Labute approximate surface area is 106 Å². The van der Waals surface area contributed by atoms with E-state index >= 15 is 0 Å². The topological polar surface area (TPSA) is 81.1 Å². The minimum absolute atomic E-state index is 0.335. The molecule has 0 heterocycles. The fourth-order valence-corrected chi connectivity index (χ4v) is 2.12. The lowest BCUT2D eigenvalue weighted by Gasteiger charge is -2.16. The lowest BCUT2D eigenvalue weighted by atomic mass is 10.1. The largest absolute Gasteiger partial charge is 0.397 e. The number of nitrogens with two attached hydrogens (primary N) is 2. The Hall–Kier alpha value is -1.36. The highest BCUT2D eigenvalue weighted by molar-refractivity contribution is 7.99. The predicted molar refractivity (Wildman–Crippen MR) is 75.5 cm³/mol. The summed E-state index contributed by atoms with van der Waals surface area (Å²) in [7, 11) is 0. The van der Waals surface area contributed by atoms with Gasteiger partial charge in [0, 0.05) is 17.4 Å². The minimum atomic E-state index is -0.460. The van der Waals surface area contributed by atoms with Crippen LogP contribution in [0.4, 0.5) is 11.4 Å².